The van der Waals surface area contributed by atoms with Gasteiger partial charge in [0, 0.05) is 19.5 Å². The first-order chi connectivity index (χ1) is 11.5. The second-order valence-electron chi connectivity index (χ2n) is 6.87. The summed E-state index contributed by atoms with van der Waals surface area (Å²) < 4.78 is 0. The molecule has 3 N–H and O–H groups in total. The Hall–Kier alpha value is -1.88. The Bertz CT molecular complexity index is 537. The smallest absolute Gasteiger partial charge is 0.223 e. The van der Waals surface area contributed by atoms with Crippen molar-refractivity contribution < 1.29 is 14.7 Å². The molecule has 0 aliphatic heterocycles. The van der Waals surface area contributed by atoms with Crippen LogP contribution in [0.1, 0.15) is 51.0 Å². The number of benzene rings is 1. The van der Waals surface area contributed by atoms with Crippen molar-refractivity contribution in [2.24, 2.45) is 5.92 Å². The predicted octanol–water partition coefficient (Wildman–Crippen LogP) is 2.10. The topological polar surface area (TPSA) is 78.4 Å². The summed E-state index contributed by atoms with van der Waals surface area (Å²) in [4.78, 5) is 23.8. The van der Waals surface area contributed by atoms with Gasteiger partial charge in [-0.3, -0.25) is 9.59 Å². The maximum absolute atomic E-state index is 12.0. The van der Waals surface area contributed by atoms with Crippen LogP contribution >= 0.6 is 0 Å². The van der Waals surface area contributed by atoms with Crippen molar-refractivity contribution in [1.82, 2.24) is 10.6 Å². The number of nitrogens with one attached hydrogen (secondary N) is 2. The predicted molar refractivity (Wildman–Crippen MR) is 93.2 cm³/mol. The quantitative estimate of drug-likeness (QED) is 0.638. The molecule has 2 amide bonds. The molecule has 0 aromatic heterocycles. The lowest BCUT2D eigenvalue weighted by molar-refractivity contribution is -0.126. The van der Waals surface area contributed by atoms with E-state index in [2.05, 4.69) is 10.6 Å². The molecule has 1 aromatic carbocycles. The fourth-order valence-electron chi connectivity index (χ4n) is 3.23. The van der Waals surface area contributed by atoms with Gasteiger partial charge in [0.15, 0.2) is 0 Å². The molecule has 24 heavy (non-hydrogen) atoms. The van der Waals surface area contributed by atoms with Crippen molar-refractivity contribution in [1.29, 1.82) is 0 Å². The molecule has 1 aliphatic rings. The summed E-state index contributed by atoms with van der Waals surface area (Å²) in [6, 6.07) is 9.14. The van der Waals surface area contributed by atoms with Gasteiger partial charge in [-0.1, -0.05) is 43.2 Å². The van der Waals surface area contributed by atoms with Crippen LogP contribution in [0, 0.1) is 5.92 Å². The molecule has 132 valence electrons. The number of carbonyl (C=O) groups excluding carboxylic acids is 2. The van der Waals surface area contributed by atoms with E-state index in [1.807, 2.05) is 18.2 Å². The van der Waals surface area contributed by atoms with Crippen molar-refractivity contribution in [3.05, 3.63) is 35.9 Å². The first-order valence-electron chi connectivity index (χ1n) is 8.79. The highest BCUT2D eigenvalue weighted by atomic mass is 16.3. The molecule has 0 spiro atoms. The lowest BCUT2D eigenvalue weighted by Gasteiger charge is -2.23. The van der Waals surface area contributed by atoms with Gasteiger partial charge in [0.25, 0.3) is 0 Å². The van der Waals surface area contributed by atoms with Gasteiger partial charge in [0.1, 0.15) is 0 Å². The molecule has 0 bridgehead atoms. The number of hydrogen-bond donors (Lipinski definition) is 3. The molecule has 0 heterocycles. The van der Waals surface area contributed by atoms with Gasteiger partial charge in [-0.2, -0.15) is 0 Å². The first-order valence-corrected chi connectivity index (χ1v) is 8.79. The monoisotopic (exact) mass is 332 g/mol. The molecule has 1 atom stereocenters. The summed E-state index contributed by atoms with van der Waals surface area (Å²) in [6.45, 7) is 2.43. The standard InChI is InChI=1S/C19H28N2O3/c1-19(24,16-9-3-2-4-10-16)14-18(23)21-12-11-20-17(22)13-15-7-5-6-8-15/h2-4,9-10,15,24H,5-8,11-14H2,1H3,(H,20,22)(H,21,23). The van der Waals surface area contributed by atoms with Crippen LogP contribution in [-0.4, -0.2) is 30.0 Å². The highest BCUT2D eigenvalue weighted by molar-refractivity contribution is 5.78. The number of carbonyl (C=O) groups is 2. The molecule has 1 fully saturated rings. The van der Waals surface area contributed by atoms with E-state index in [1.165, 1.54) is 12.8 Å². The summed E-state index contributed by atoms with van der Waals surface area (Å²) >= 11 is 0. The summed E-state index contributed by atoms with van der Waals surface area (Å²) in [5.74, 6) is 0.363. The summed E-state index contributed by atoms with van der Waals surface area (Å²) in [6.07, 6.45) is 5.35. The van der Waals surface area contributed by atoms with Crippen LogP contribution in [0.5, 0.6) is 0 Å². The molecule has 5 nitrogen and oxygen atoms in total. The number of hydrogen-bond acceptors (Lipinski definition) is 3. The summed E-state index contributed by atoms with van der Waals surface area (Å²) in [5, 5.41) is 16.0. The summed E-state index contributed by atoms with van der Waals surface area (Å²) in [7, 11) is 0. The van der Waals surface area contributed by atoms with Crippen molar-refractivity contribution in [3.63, 3.8) is 0 Å². The van der Waals surface area contributed by atoms with Crippen molar-refractivity contribution in [2.75, 3.05) is 13.1 Å². The van der Waals surface area contributed by atoms with Crippen LogP contribution in [0.25, 0.3) is 0 Å². The third-order valence-electron chi connectivity index (χ3n) is 4.62. The molecular formula is C19H28N2O3. The van der Waals surface area contributed by atoms with E-state index in [0.717, 1.165) is 12.8 Å². The Kier molecular flexibility index (Phi) is 6.79. The SMILES string of the molecule is CC(O)(CC(=O)NCCNC(=O)CC1CCCC1)c1ccccc1. The van der Waals surface area contributed by atoms with Gasteiger partial charge in [0.05, 0.1) is 12.0 Å². The van der Waals surface area contributed by atoms with Gasteiger partial charge >= 0.3 is 0 Å². The molecule has 2 rings (SSSR count). The molecule has 1 aliphatic carbocycles. The highest BCUT2D eigenvalue weighted by Gasteiger charge is 2.26. The average molecular weight is 332 g/mol. The van der Waals surface area contributed by atoms with Crippen LogP contribution in [0.15, 0.2) is 30.3 Å². The normalized spacial score (nSPS) is 17.2. The lowest BCUT2D eigenvalue weighted by atomic mass is 9.92. The van der Waals surface area contributed by atoms with Crippen LogP contribution in [0.3, 0.4) is 0 Å². The lowest BCUT2D eigenvalue weighted by Crippen LogP contribution is -2.38. The van der Waals surface area contributed by atoms with Gasteiger partial charge < -0.3 is 15.7 Å². The van der Waals surface area contributed by atoms with Gasteiger partial charge in [-0.25, -0.2) is 0 Å². The fourth-order valence-corrected chi connectivity index (χ4v) is 3.23. The number of rotatable bonds is 8. The minimum Gasteiger partial charge on any atom is -0.385 e. The van der Waals surface area contributed by atoms with E-state index in [0.29, 0.717) is 31.0 Å². The third kappa shape index (κ3) is 5.96. The van der Waals surface area contributed by atoms with Crippen LogP contribution < -0.4 is 10.6 Å². The van der Waals surface area contributed by atoms with E-state index < -0.39 is 5.60 Å². The van der Waals surface area contributed by atoms with E-state index >= 15 is 0 Å². The van der Waals surface area contributed by atoms with E-state index in [9.17, 15) is 14.7 Å². The van der Waals surface area contributed by atoms with Crippen molar-refractivity contribution in [2.45, 2.75) is 51.0 Å². The zero-order valence-electron chi connectivity index (χ0n) is 14.4. The maximum atomic E-state index is 12.0. The largest absolute Gasteiger partial charge is 0.385 e. The second-order valence-corrected chi connectivity index (χ2v) is 6.87. The van der Waals surface area contributed by atoms with Crippen LogP contribution in [0.4, 0.5) is 0 Å². The van der Waals surface area contributed by atoms with Crippen molar-refractivity contribution >= 4 is 11.8 Å². The summed E-state index contributed by atoms with van der Waals surface area (Å²) in [5.41, 5.74) is -0.484. The third-order valence-corrected chi connectivity index (χ3v) is 4.62. The maximum Gasteiger partial charge on any atom is 0.223 e. The molecule has 1 aromatic rings. The Morgan fingerprint density at radius 1 is 1.08 bits per heavy atom. The number of aliphatic hydroxyl groups is 1. The molecular weight excluding hydrogens is 304 g/mol. The Labute approximate surface area is 143 Å². The zero-order chi connectivity index (χ0) is 17.4. The molecule has 5 heteroatoms. The Morgan fingerprint density at radius 2 is 1.67 bits per heavy atom. The first kappa shape index (κ1) is 18.5. The second kappa shape index (κ2) is 8.83. The van der Waals surface area contributed by atoms with Gasteiger partial charge in [-0.15, -0.1) is 0 Å². The minimum atomic E-state index is -1.20. The average Bonchev–Trinajstić information content (AvgIpc) is 3.05. The number of amides is 2. The van der Waals surface area contributed by atoms with E-state index in [-0.39, 0.29) is 18.2 Å². The molecule has 1 saturated carbocycles. The van der Waals surface area contributed by atoms with Gasteiger partial charge in [-0.05, 0) is 31.2 Å². The van der Waals surface area contributed by atoms with Crippen LogP contribution in [0.2, 0.25) is 0 Å². The van der Waals surface area contributed by atoms with Crippen LogP contribution in [-0.2, 0) is 15.2 Å². The highest BCUT2D eigenvalue weighted by Crippen LogP contribution is 2.27. The van der Waals surface area contributed by atoms with Crippen molar-refractivity contribution in [3.8, 4) is 0 Å². The molecule has 0 saturated heterocycles. The van der Waals surface area contributed by atoms with E-state index in [4.69, 9.17) is 0 Å². The molecule has 0 radical (unpaired) electrons. The van der Waals surface area contributed by atoms with Gasteiger partial charge in [0.2, 0.25) is 11.8 Å². The Balaban J connectivity index is 1.63. The fraction of sp³-hybridized carbons (Fsp3) is 0.579. The zero-order valence-corrected chi connectivity index (χ0v) is 14.4. The Morgan fingerprint density at radius 3 is 2.29 bits per heavy atom. The molecule has 1 unspecified atom stereocenters. The minimum absolute atomic E-state index is 0.00691. The van der Waals surface area contributed by atoms with E-state index in [1.54, 1.807) is 19.1 Å².